The van der Waals surface area contributed by atoms with Crippen molar-refractivity contribution in [2.45, 2.75) is 39.9 Å². The maximum Gasteiger partial charge on any atom is 0.200 e. The Balaban J connectivity index is 2.14. The standard InChI is InChI=1S/C17H24N2O2/c1-4-7-13-8-10-14(11-9-13)15-12-16(19-18-15)17(20-5-2)21-6-3/h8-12,17H,4-7H2,1-3H3,(H,18,19). The van der Waals surface area contributed by atoms with Crippen LogP contribution in [0.2, 0.25) is 0 Å². The van der Waals surface area contributed by atoms with Crippen LogP contribution in [0.1, 0.15) is 44.7 Å². The molecule has 4 nitrogen and oxygen atoms in total. The summed E-state index contributed by atoms with van der Waals surface area (Å²) in [4.78, 5) is 0. The number of aryl methyl sites for hydroxylation is 1. The first-order valence-electron chi connectivity index (χ1n) is 7.66. The minimum Gasteiger partial charge on any atom is -0.347 e. The quantitative estimate of drug-likeness (QED) is 0.744. The zero-order valence-electron chi connectivity index (χ0n) is 13.1. The molecule has 2 rings (SSSR count). The fourth-order valence-electron chi connectivity index (χ4n) is 2.27. The third-order valence-electron chi connectivity index (χ3n) is 3.28. The molecule has 114 valence electrons. The lowest BCUT2D eigenvalue weighted by Crippen LogP contribution is -2.09. The number of aromatic nitrogens is 2. The second-order valence-electron chi connectivity index (χ2n) is 4.90. The molecule has 0 aliphatic heterocycles. The third kappa shape index (κ3) is 4.16. The molecule has 4 heteroatoms. The fourth-order valence-corrected chi connectivity index (χ4v) is 2.27. The van der Waals surface area contributed by atoms with Crippen molar-refractivity contribution in [2.75, 3.05) is 13.2 Å². The molecule has 1 N–H and O–H groups in total. The normalized spacial score (nSPS) is 11.2. The number of hydrogen-bond acceptors (Lipinski definition) is 3. The van der Waals surface area contributed by atoms with E-state index in [2.05, 4.69) is 41.4 Å². The second kappa shape index (κ2) is 7.96. The molecule has 0 saturated heterocycles. The summed E-state index contributed by atoms with van der Waals surface area (Å²) >= 11 is 0. The first-order valence-corrected chi connectivity index (χ1v) is 7.66. The van der Waals surface area contributed by atoms with Crippen LogP contribution in [0.5, 0.6) is 0 Å². The molecule has 1 aromatic heterocycles. The van der Waals surface area contributed by atoms with Crippen molar-refractivity contribution in [3.63, 3.8) is 0 Å². The summed E-state index contributed by atoms with van der Waals surface area (Å²) in [6.07, 6.45) is 1.90. The van der Waals surface area contributed by atoms with Crippen LogP contribution in [0.4, 0.5) is 0 Å². The molecule has 0 atom stereocenters. The molecule has 0 amide bonds. The van der Waals surface area contributed by atoms with Gasteiger partial charge in [0, 0.05) is 18.8 Å². The number of aromatic amines is 1. The van der Waals surface area contributed by atoms with E-state index < -0.39 is 0 Å². The SMILES string of the molecule is CCCc1ccc(-c2cc(C(OCC)OCC)[nH]n2)cc1. The van der Waals surface area contributed by atoms with Gasteiger partial charge in [0.2, 0.25) is 0 Å². The van der Waals surface area contributed by atoms with Crippen LogP contribution in [0.3, 0.4) is 0 Å². The van der Waals surface area contributed by atoms with Crippen molar-refractivity contribution in [2.24, 2.45) is 0 Å². The lowest BCUT2D eigenvalue weighted by atomic mass is 10.1. The van der Waals surface area contributed by atoms with Gasteiger partial charge < -0.3 is 9.47 Å². The van der Waals surface area contributed by atoms with Crippen molar-refractivity contribution in [1.29, 1.82) is 0 Å². The average molecular weight is 288 g/mol. The van der Waals surface area contributed by atoms with Gasteiger partial charge >= 0.3 is 0 Å². The molecule has 0 fully saturated rings. The highest BCUT2D eigenvalue weighted by molar-refractivity contribution is 5.59. The Bertz CT molecular complexity index is 528. The van der Waals surface area contributed by atoms with E-state index in [-0.39, 0.29) is 6.29 Å². The van der Waals surface area contributed by atoms with Gasteiger partial charge in [-0.2, -0.15) is 5.10 Å². The summed E-state index contributed by atoms with van der Waals surface area (Å²) < 4.78 is 11.2. The highest BCUT2D eigenvalue weighted by atomic mass is 16.7. The van der Waals surface area contributed by atoms with Gasteiger partial charge in [-0.1, -0.05) is 37.6 Å². The summed E-state index contributed by atoms with van der Waals surface area (Å²) in [7, 11) is 0. The molecule has 0 aliphatic rings. The number of rotatable bonds is 8. The average Bonchev–Trinajstić information content (AvgIpc) is 2.98. The van der Waals surface area contributed by atoms with Gasteiger partial charge in [-0.15, -0.1) is 0 Å². The summed E-state index contributed by atoms with van der Waals surface area (Å²) in [5.41, 5.74) is 4.23. The number of nitrogens with zero attached hydrogens (tertiary/aromatic N) is 1. The van der Waals surface area contributed by atoms with Gasteiger partial charge in [-0.3, -0.25) is 5.10 Å². The second-order valence-corrected chi connectivity index (χ2v) is 4.90. The van der Waals surface area contributed by atoms with Gasteiger partial charge in [0.25, 0.3) is 0 Å². The third-order valence-corrected chi connectivity index (χ3v) is 3.28. The van der Waals surface area contributed by atoms with Gasteiger partial charge in [0.1, 0.15) is 0 Å². The van der Waals surface area contributed by atoms with E-state index >= 15 is 0 Å². The minimum absolute atomic E-state index is 0.374. The van der Waals surface area contributed by atoms with Crippen LogP contribution in [-0.4, -0.2) is 23.4 Å². The molecular weight excluding hydrogens is 264 g/mol. The topological polar surface area (TPSA) is 47.1 Å². The van der Waals surface area contributed by atoms with Crippen LogP contribution >= 0.6 is 0 Å². The Kier molecular flexibility index (Phi) is 5.96. The van der Waals surface area contributed by atoms with E-state index in [0.717, 1.165) is 29.8 Å². The fraction of sp³-hybridized carbons (Fsp3) is 0.471. The summed E-state index contributed by atoms with van der Waals surface area (Å²) in [6, 6.07) is 10.5. The Hall–Kier alpha value is -1.65. The van der Waals surface area contributed by atoms with E-state index in [0.29, 0.717) is 13.2 Å². The Labute approximate surface area is 126 Å². The number of H-pyrrole nitrogens is 1. The maximum atomic E-state index is 5.58. The predicted octanol–water partition coefficient (Wildman–Crippen LogP) is 4.10. The van der Waals surface area contributed by atoms with E-state index in [1.165, 1.54) is 5.56 Å². The maximum absolute atomic E-state index is 5.58. The van der Waals surface area contributed by atoms with E-state index in [4.69, 9.17) is 9.47 Å². The van der Waals surface area contributed by atoms with Gasteiger partial charge in [0.15, 0.2) is 6.29 Å². The van der Waals surface area contributed by atoms with E-state index in [9.17, 15) is 0 Å². The minimum atomic E-state index is -0.374. The molecule has 1 aromatic carbocycles. The molecule has 0 bridgehead atoms. The van der Waals surface area contributed by atoms with Crippen LogP contribution in [0, 0.1) is 0 Å². The molecule has 0 saturated carbocycles. The largest absolute Gasteiger partial charge is 0.347 e. The van der Waals surface area contributed by atoms with Crippen molar-refractivity contribution < 1.29 is 9.47 Å². The molecule has 0 radical (unpaired) electrons. The zero-order chi connectivity index (χ0) is 15.1. The van der Waals surface area contributed by atoms with Gasteiger partial charge in [-0.25, -0.2) is 0 Å². The van der Waals surface area contributed by atoms with Crippen molar-refractivity contribution in [1.82, 2.24) is 10.2 Å². The predicted molar refractivity (Wildman–Crippen MR) is 84.0 cm³/mol. The summed E-state index contributed by atoms with van der Waals surface area (Å²) in [5.74, 6) is 0. The molecule has 0 spiro atoms. The number of hydrogen-bond donors (Lipinski definition) is 1. The Morgan fingerprint density at radius 1 is 1.05 bits per heavy atom. The lowest BCUT2D eigenvalue weighted by Gasteiger charge is -2.14. The van der Waals surface area contributed by atoms with E-state index in [1.807, 2.05) is 19.9 Å². The van der Waals surface area contributed by atoms with Gasteiger partial charge in [-0.05, 0) is 31.9 Å². The van der Waals surface area contributed by atoms with Gasteiger partial charge in [0.05, 0.1) is 11.4 Å². The number of benzene rings is 1. The molecule has 21 heavy (non-hydrogen) atoms. The van der Waals surface area contributed by atoms with Crippen LogP contribution in [-0.2, 0) is 15.9 Å². The highest BCUT2D eigenvalue weighted by Gasteiger charge is 2.15. The summed E-state index contributed by atoms with van der Waals surface area (Å²) in [5, 5.41) is 7.38. The number of nitrogens with one attached hydrogen (secondary N) is 1. The van der Waals surface area contributed by atoms with Crippen molar-refractivity contribution in [3.05, 3.63) is 41.6 Å². The first kappa shape index (κ1) is 15.7. The lowest BCUT2D eigenvalue weighted by molar-refractivity contribution is -0.142. The Morgan fingerprint density at radius 2 is 1.71 bits per heavy atom. The Morgan fingerprint density at radius 3 is 2.29 bits per heavy atom. The highest BCUT2D eigenvalue weighted by Crippen LogP contribution is 2.23. The number of ether oxygens (including phenoxy) is 2. The zero-order valence-corrected chi connectivity index (χ0v) is 13.1. The van der Waals surface area contributed by atoms with Crippen LogP contribution < -0.4 is 0 Å². The smallest absolute Gasteiger partial charge is 0.200 e. The molecule has 0 aliphatic carbocycles. The molecule has 1 heterocycles. The van der Waals surface area contributed by atoms with Crippen molar-refractivity contribution >= 4 is 0 Å². The molecule has 0 unspecified atom stereocenters. The molecule has 2 aromatic rings. The monoisotopic (exact) mass is 288 g/mol. The van der Waals surface area contributed by atoms with E-state index in [1.54, 1.807) is 0 Å². The first-order chi connectivity index (χ1) is 10.3. The molecular formula is C17H24N2O2. The van der Waals surface area contributed by atoms with Crippen LogP contribution in [0.15, 0.2) is 30.3 Å². The summed E-state index contributed by atoms with van der Waals surface area (Å²) in [6.45, 7) is 7.30. The van der Waals surface area contributed by atoms with Crippen molar-refractivity contribution in [3.8, 4) is 11.3 Å². The van der Waals surface area contributed by atoms with Crippen LogP contribution in [0.25, 0.3) is 11.3 Å².